The van der Waals surface area contributed by atoms with Crippen LogP contribution in [0.2, 0.25) is 0 Å². The summed E-state index contributed by atoms with van der Waals surface area (Å²) in [6.45, 7) is 8.37. The van der Waals surface area contributed by atoms with E-state index in [1.807, 2.05) is 0 Å². The van der Waals surface area contributed by atoms with Crippen LogP contribution in [-0.2, 0) is 12.5 Å². The number of hydrogen-bond acceptors (Lipinski definition) is 5. The van der Waals surface area contributed by atoms with E-state index in [4.69, 9.17) is 0 Å². The van der Waals surface area contributed by atoms with Gasteiger partial charge in [-0.1, -0.05) is 37.1 Å². The number of piperidine rings is 1. The van der Waals surface area contributed by atoms with E-state index in [2.05, 4.69) is 43.6 Å². The van der Waals surface area contributed by atoms with Crippen molar-refractivity contribution in [3.8, 4) is 0 Å². The average molecular weight is 612 g/mol. The number of nitrogens with one attached hydrogen (secondary N) is 1. The Morgan fingerprint density at radius 1 is 0.953 bits per heavy atom. The summed E-state index contributed by atoms with van der Waals surface area (Å²) in [4.78, 5) is 13.9. The molecule has 5 aliphatic rings. The fraction of sp³-hybridized carbons (Fsp3) is 0.559. The second kappa shape index (κ2) is 13.1. The molecule has 8 bridgehead atoms. The largest absolute Gasteiger partial charge is 0.365 e. The maximum atomic E-state index is 15.6. The van der Waals surface area contributed by atoms with Crippen molar-refractivity contribution in [2.45, 2.75) is 70.3 Å². The summed E-state index contributed by atoms with van der Waals surface area (Å²) in [7, 11) is 0.222. The highest BCUT2D eigenvalue weighted by Crippen LogP contribution is 2.43. The summed E-state index contributed by atoms with van der Waals surface area (Å²) in [6.07, 6.45) is 11.0. The molecular weight excluding hydrogens is 567 g/mol. The first-order chi connectivity index (χ1) is 20.8. The van der Waals surface area contributed by atoms with Crippen molar-refractivity contribution in [3.05, 3.63) is 64.9 Å². The van der Waals surface area contributed by atoms with Crippen LogP contribution in [0.15, 0.2) is 42.4 Å². The first-order valence-electron chi connectivity index (χ1n) is 15.9. The zero-order valence-corrected chi connectivity index (χ0v) is 25.9. The molecule has 0 amide bonds. The number of rotatable bonds is 1. The van der Waals surface area contributed by atoms with E-state index in [0.29, 0.717) is 18.2 Å². The maximum absolute atomic E-state index is 15.6. The number of anilines is 2. The lowest BCUT2D eigenvalue weighted by atomic mass is 9.87. The van der Waals surface area contributed by atoms with Crippen LogP contribution in [0.4, 0.5) is 24.8 Å². The van der Waals surface area contributed by atoms with Crippen LogP contribution in [0.25, 0.3) is 6.08 Å². The number of fused-ring (bicyclic) bond motifs is 9. The lowest BCUT2D eigenvalue weighted by Crippen LogP contribution is -2.35. The molecule has 5 nitrogen and oxygen atoms in total. The van der Waals surface area contributed by atoms with Gasteiger partial charge < -0.3 is 15.1 Å². The monoisotopic (exact) mass is 611 g/mol. The Kier molecular flexibility index (Phi) is 9.29. The molecule has 1 aromatic heterocycles. The fourth-order valence-corrected chi connectivity index (χ4v) is 8.59. The number of hydrogen-bond donors (Lipinski definition) is 1. The lowest BCUT2D eigenvalue weighted by molar-refractivity contribution is -0.0249. The molecule has 2 aromatic rings. The summed E-state index contributed by atoms with van der Waals surface area (Å²) >= 11 is 0. The van der Waals surface area contributed by atoms with Gasteiger partial charge in [0.2, 0.25) is 0 Å². The first-order valence-corrected chi connectivity index (χ1v) is 17.7. The van der Waals surface area contributed by atoms with Crippen molar-refractivity contribution in [2.75, 3.05) is 47.9 Å². The molecule has 0 saturated carbocycles. The van der Waals surface area contributed by atoms with Gasteiger partial charge in [0.1, 0.15) is 23.8 Å². The molecule has 5 aliphatic heterocycles. The number of allylic oxidation sites excluding steroid dienone is 1. The topological polar surface area (TPSA) is 44.3 Å². The van der Waals surface area contributed by atoms with Crippen molar-refractivity contribution >= 4 is 34.1 Å². The second-order valence-corrected chi connectivity index (χ2v) is 14.7. The summed E-state index contributed by atoms with van der Waals surface area (Å²) in [6, 6.07) is 4.35. The summed E-state index contributed by atoms with van der Waals surface area (Å²) in [5, 5.41) is 3.28. The highest BCUT2D eigenvalue weighted by molar-refractivity contribution is 8.14. The minimum Gasteiger partial charge on any atom is -0.365 e. The highest BCUT2D eigenvalue weighted by Gasteiger charge is 2.36. The normalized spacial score (nSPS) is 28.4. The summed E-state index contributed by atoms with van der Waals surface area (Å²) in [5.41, 5.74) is 2.79. The van der Waals surface area contributed by atoms with E-state index >= 15 is 13.2 Å². The zero-order valence-electron chi connectivity index (χ0n) is 25.1. The molecule has 0 atom stereocenters. The molecule has 0 unspecified atom stereocenters. The lowest BCUT2D eigenvalue weighted by Gasteiger charge is -2.37. The van der Waals surface area contributed by atoms with Gasteiger partial charge in [-0.05, 0) is 99.6 Å². The molecule has 2 fully saturated rings. The number of benzene rings is 1. The van der Waals surface area contributed by atoms with Crippen LogP contribution in [-0.4, -0.2) is 58.4 Å². The predicted octanol–water partition coefficient (Wildman–Crippen LogP) is 7.82. The molecule has 232 valence electrons. The Hall–Kier alpha value is -2.65. The van der Waals surface area contributed by atoms with E-state index in [-0.39, 0.29) is 34.9 Å². The third kappa shape index (κ3) is 6.72. The van der Waals surface area contributed by atoms with Crippen molar-refractivity contribution in [1.82, 2.24) is 14.9 Å². The molecule has 1 aromatic carbocycles. The Bertz CT molecular complexity index is 1370. The van der Waals surface area contributed by atoms with Crippen LogP contribution >= 0.6 is 10.5 Å². The molecule has 7 rings (SSSR count). The van der Waals surface area contributed by atoms with E-state index < -0.39 is 17.3 Å². The van der Waals surface area contributed by atoms with Gasteiger partial charge in [0, 0.05) is 30.8 Å². The van der Waals surface area contributed by atoms with Crippen LogP contribution in [0, 0.1) is 17.7 Å². The van der Waals surface area contributed by atoms with Gasteiger partial charge >= 0.3 is 0 Å². The molecule has 0 radical (unpaired) electrons. The van der Waals surface area contributed by atoms with Gasteiger partial charge in [0.05, 0.1) is 11.1 Å². The van der Waals surface area contributed by atoms with E-state index in [9.17, 15) is 0 Å². The van der Waals surface area contributed by atoms with Crippen LogP contribution in [0.3, 0.4) is 0 Å². The van der Waals surface area contributed by atoms with Gasteiger partial charge in [-0.3, -0.25) is 0 Å². The third-order valence-electron chi connectivity index (χ3n) is 9.88. The number of nitrogens with zero attached hydrogens (tertiary/aromatic N) is 4. The third-order valence-corrected chi connectivity index (χ3v) is 11.5. The van der Waals surface area contributed by atoms with E-state index in [1.54, 1.807) is 6.07 Å². The van der Waals surface area contributed by atoms with E-state index in [1.165, 1.54) is 24.0 Å². The first kappa shape index (κ1) is 30.4. The minimum absolute atomic E-state index is 0.0511. The average Bonchev–Trinajstić information content (AvgIpc) is 3.00. The quantitative estimate of drug-likeness (QED) is 0.333. The van der Waals surface area contributed by atoms with Crippen molar-refractivity contribution < 1.29 is 13.2 Å². The van der Waals surface area contributed by atoms with Crippen LogP contribution in [0.5, 0.6) is 0 Å². The number of alkyl halides is 2. The van der Waals surface area contributed by atoms with Crippen LogP contribution in [0.1, 0.15) is 74.5 Å². The maximum Gasteiger partial charge on any atom is 0.276 e. The highest BCUT2D eigenvalue weighted by atomic mass is 32.2. The van der Waals surface area contributed by atoms with Crippen molar-refractivity contribution in [3.63, 3.8) is 0 Å². The van der Waals surface area contributed by atoms with Gasteiger partial charge in [0.25, 0.3) is 5.92 Å². The summed E-state index contributed by atoms with van der Waals surface area (Å²) in [5.74, 6) is 4.55. The molecule has 6 heterocycles. The molecule has 1 N–H and O–H groups in total. The standard InChI is InChI=1S/C34H44F3N5S/c1-24-28(26-12-19-43(2)20-13-26)21-29-32-38-22-27-7-6-8-30(31(27)35)34(36,37)14-9-25-10-17-41(18-11-25)15-4-3-5-16-42(24)33(29)40-23-39-32/h6-8,21,23,25-26H,1-5,9-20,22H2,(H,38,39,40). The number of aromatic nitrogens is 2. The molecule has 0 aliphatic carbocycles. The zero-order chi connectivity index (χ0) is 30.0. The molecule has 2 saturated heterocycles. The fourth-order valence-electron chi connectivity index (χ4n) is 7.15. The Labute approximate surface area is 256 Å². The van der Waals surface area contributed by atoms with Crippen LogP contribution < -0.4 is 10.2 Å². The molecule has 0 spiro atoms. The molecular formula is C34H44F3N5S. The van der Waals surface area contributed by atoms with Crippen molar-refractivity contribution in [1.29, 1.82) is 0 Å². The van der Waals surface area contributed by atoms with Gasteiger partial charge in [-0.2, -0.15) is 10.5 Å². The van der Waals surface area contributed by atoms with Gasteiger partial charge in [0.15, 0.2) is 0 Å². The predicted molar refractivity (Wildman–Crippen MR) is 174 cm³/mol. The summed E-state index contributed by atoms with van der Waals surface area (Å²) < 4.78 is 46.4. The SMILES string of the molecule is C=C1C(C2CCS(=C)CC2)=Cc2c3ncnc2N1CCCCCN1CCC(CC1)CCC(F)(F)c1cccc(c1F)CN3. The second-order valence-electron chi connectivity index (χ2n) is 12.7. The molecule has 43 heavy (non-hydrogen) atoms. The smallest absolute Gasteiger partial charge is 0.276 e. The van der Waals surface area contributed by atoms with Gasteiger partial charge in [-0.15, -0.1) is 0 Å². The number of halogens is 3. The molecule has 9 heteroatoms. The Morgan fingerprint density at radius 3 is 2.51 bits per heavy atom. The minimum atomic E-state index is -3.21. The van der Waals surface area contributed by atoms with Gasteiger partial charge in [-0.25, -0.2) is 23.1 Å². The Morgan fingerprint density at radius 2 is 1.72 bits per heavy atom. The Balaban J connectivity index is 1.33. The van der Waals surface area contributed by atoms with Crippen molar-refractivity contribution in [2.24, 2.45) is 11.8 Å². The van der Waals surface area contributed by atoms with E-state index in [0.717, 1.165) is 99.7 Å².